The van der Waals surface area contributed by atoms with E-state index in [4.69, 9.17) is 5.73 Å². The van der Waals surface area contributed by atoms with Crippen molar-refractivity contribution in [2.45, 2.75) is 20.3 Å². The Balaban J connectivity index is 0.00000225. The number of thiophene rings is 1. The summed E-state index contributed by atoms with van der Waals surface area (Å²) in [6.45, 7) is 4.75. The van der Waals surface area contributed by atoms with Crippen molar-refractivity contribution in [2.24, 2.45) is 10.7 Å². The number of thiazole rings is 1. The lowest BCUT2D eigenvalue weighted by molar-refractivity contribution is 0.983. The van der Waals surface area contributed by atoms with Crippen LogP contribution in [0.4, 0.5) is 5.69 Å². The summed E-state index contributed by atoms with van der Waals surface area (Å²) in [5.74, 6) is 0.451. The average molecular weight is 484 g/mol. The topological polar surface area (TPSA) is 63.3 Å². The van der Waals surface area contributed by atoms with Crippen LogP contribution in [0.1, 0.15) is 15.4 Å². The first kappa shape index (κ1) is 19.9. The molecule has 0 aliphatic heterocycles. The van der Waals surface area contributed by atoms with Crippen molar-refractivity contribution in [3.05, 3.63) is 57.2 Å². The van der Waals surface area contributed by atoms with E-state index in [9.17, 15) is 0 Å². The lowest BCUT2D eigenvalue weighted by atomic mass is 10.2. The summed E-state index contributed by atoms with van der Waals surface area (Å²) in [6, 6.07) is 12.4. The summed E-state index contributed by atoms with van der Waals surface area (Å²) in [5.41, 5.74) is 9.18. The Hall–Kier alpha value is -1.45. The Labute approximate surface area is 173 Å². The first-order chi connectivity index (χ1) is 11.6. The number of aryl methyl sites for hydroxylation is 2. The van der Waals surface area contributed by atoms with E-state index in [0.29, 0.717) is 12.5 Å². The van der Waals surface area contributed by atoms with Crippen LogP contribution in [0.3, 0.4) is 0 Å². The maximum atomic E-state index is 5.95. The second kappa shape index (κ2) is 9.30. The molecule has 3 rings (SSSR count). The predicted octanol–water partition coefficient (Wildman–Crippen LogP) is 5.08. The minimum absolute atomic E-state index is 0. The average Bonchev–Trinajstić information content (AvgIpc) is 3.16. The van der Waals surface area contributed by atoms with Gasteiger partial charge in [0, 0.05) is 28.9 Å². The molecule has 2 heterocycles. The zero-order valence-electron chi connectivity index (χ0n) is 14.2. The number of anilines is 1. The van der Waals surface area contributed by atoms with Crippen molar-refractivity contribution < 1.29 is 0 Å². The van der Waals surface area contributed by atoms with E-state index < -0.39 is 0 Å². The molecular weight excluding hydrogens is 463 g/mol. The van der Waals surface area contributed by atoms with Crippen LogP contribution in [0.25, 0.3) is 10.6 Å². The molecule has 3 aromatic rings. The quantitative estimate of drug-likeness (QED) is 0.302. The highest BCUT2D eigenvalue weighted by Gasteiger charge is 2.06. The van der Waals surface area contributed by atoms with Gasteiger partial charge in [-0.05, 0) is 43.7 Å². The molecule has 4 nitrogen and oxygen atoms in total. The summed E-state index contributed by atoms with van der Waals surface area (Å²) < 4.78 is 0. The Morgan fingerprint density at radius 2 is 2.08 bits per heavy atom. The number of halogens is 1. The van der Waals surface area contributed by atoms with Crippen molar-refractivity contribution in [3.8, 4) is 10.6 Å². The Kier molecular flexibility index (Phi) is 7.39. The fourth-order valence-corrected chi connectivity index (χ4v) is 3.97. The highest BCUT2D eigenvalue weighted by Crippen LogP contribution is 2.29. The Morgan fingerprint density at radius 3 is 2.80 bits per heavy atom. The molecule has 0 amide bonds. The molecule has 0 spiro atoms. The van der Waals surface area contributed by atoms with Gasteiger partial charge in [-0.15, -0.1) is 46.7 Å². The number of nitrogens with two attached hydrogens (primary N) is 1. The molecular formula is C18H21IN4S2. The van der Waals surface area contributed by atoms with E-state index in [1.165, 1.54) is 15.3 Å². The van der Waals surface area contributed by atoms with Crippen LogP contribution >= 0.6 is 46.7 Å². The van der Waals surface area contributed by atoms with E-state index in [-0.39, 0.29) is 24.0 Å². The third kappa shape index (κ3) is 5.79. The Morgan fingerprint density at radius 1 is 1.24 bits per heavy atom. The third-order valence-corrected chi connectivity index (χ3v) is 5.40. The molecule has 0 saturated heterocycles. The minimum atomic E-state index is 0. The number of nitrogens with zero attached hydrogens (tertiary/aromatic N) is 2. The number of benzene rings is 1. The molecule has 0 bridgehead atoms. The van der Waals surface area contributed by atoms with Gasteiger partial charge in [0.05, 0.1) is 15.6 Å². The molecule has 0 aliphatic rings. The standard InChI is InChI=1S/C18H20N4S2.HI/c1-12-4-3-5-14(10-12)22-18(19)20-9-8-15-6-7-17(24-15)16-11-23-13(2)21-16;/h3-7,10-11H,8-9H2,1-2H3,(H3,19,20,22);1H. The summed E-state index contributed by atoms with van der Waals surface area (Å²) in [4.78, 5) is 11.4. The summed E-state index contributed by atoms with van der Waals surface area (Å²) in [5, 5.41) is 6.33. The van der Waals surface area contributed by atoms with Gasteiger partial charge in [-0.1, -0.05) is 12.1 Å². The molecule has 2 aromatic heterocycles. The van der Waals surface area contributed by atoms with Gasteiger partial charge in [0.1, 0.15) is 0 Å². The van der Waals surface area contributed by atoms with Crippen molar-refractivity contribution in [1.29, 1.82) is 0 Å². The summed E-state index contributed by atoms with van der Waals surface area (Å²) >= 11 is 3.45. The first-order valence-corrected chi connectivity index (χ1v) is 9.44. The lowest BCUT2D eigenvalue weighted by Crippen LogP contribution is -2.23. The Bertz CT molecular complexity index is 854. The maximum absolute atomic E-state index is 5.95. The van der Waals surface area contributed by atoms with Gasteiger partial charge in [0.25, 0.3) is 0 Å². The molecule has 132 valence electrons. The largest absolute Gasteiger partial charge is 0.370 e. The van der Waals surface area contributed by atoms with Crippen molar-refractivity contribution in [2.75, 3.05) is 11.9 Å². The highest BCUT2D eigenvalue weighted by molar-refractivity contribution is 14.0. The molecule has 25 heavy (non-hydrogen) atoms. The number of hydrogen-bond acceptors (Lipinski definition) is 4. The number of aromatic nitrogens is 1. The molecule has 0 radical (unpaired) electrons. The molecule has 0 fully saturated rings. The molecule has 0 unspecified atom stereocenters. The first-order valence-electron chi connectivity index (χ1n) is 7.75. The lowest BCUT2D eigenvalue weighted by Gasteiger charge is -2.06. The summed E-state index contributed by atoms with van der Waals surface area (Å²) in [7, 11) is 0. The van der Waals surface area contributed by atoms with Crippen LogP contribution in [0.15, 0.2) is 46.8 Å². The van der Waals surface area contributed by atoms with Crippen molar-refractivity contribution in [1.82, 2.24) is 4.98 Å². The number of guanidine groups is 1. The van der Waals surface area contributed by atoms with Crippen LogP contribution in [-0.2, 0) is 6.42 Å². The van der Waals surface area contributed by atoms with E-state index in [1.54, 1.807) is 22.7 Å². The molecule has 1 aromatic carbocycles. The van der Waals surface area contributed by atoms with Gasteiger partial charge in [-0.25, -0.2) is 4.98 Å². The van der Waals surface area contributed by atoms with E-state index >= 15 is 0 Å². The molecule has 0 saturated carbocycles. The van der Waals surface area contributed by atoms with Gasteiger partial charge in [0.15, 0.2) is 5.96 Å². The fraction of sp³-hybridized carbons (Fsp3) is 0.222. The van der Waals surface area contributed by atoms with Crippen LogP contribution in [0.2, 0.25) is 0 Å². The molecule has 3 N–H and O–H groups in total. The number of nitrogens with one attached hydrogen (secondary N) is 1. The van der Waals surface area contributed by atoms with E-state index in [1.807, 2.05) is 25.1 Å². The zero-order chi connectivity index (χ0) is 16.9. The smallest absolute Gasteiger partial charge is 0.193 e. The highest BCUT2D eigenvalue weighted by atomic mass is 127. The van der Waals surface area contributed by atoms with Crippen LogP contribution in [0, 0.1) is 13.8 Å². The van der Waals surface area contributed by atoms with E-state index in [0.717, 1.165) is 22.8 Å². The number of rotatable bonds is 5. The van der Waals surface area contributed by atoms with Crippen molar-refractivity contribution >= 4 is 58.3 Å². The van der Waals surface area contributed by atoms with Crippen molar-refractivity contribution in [3.63, 3.8) is 0 Å². The second-order valence-electron chi connectivity index (χ2n) is 5.53. The second-order valence-corrected chi connectivity index (χ2v) is 7.76. The zero-order valence-corrected chi connectivity index (χ0v) is 18.1. The number of hydrogen-bond donors (Lipinski definition) is 2. The molecule has 0 atom stereocenters. The van der Waals surface area contributed by atoms with Crippen LogP contribution < -0.4 is 11.1 Å². The minimum Gasteiger partial charge on any atom is -0.370 e. The van der Waals surface area contributed by atoms with Crippen LogP contribution in [-0.4, -0.2) is 17.5 Å². The van der Waals surface area contributed by atoms with Gasteiger partial charge in [-0.2, -0.15) is 0 Å². The van der Waals surface area contributed by atoms with Crippen LogP contribution in [0.5, 0.6) is 0 Å². The van der Waals surface area contributed by atoms with Gasteiger partial charge in [0.2, 0.25) is 0 Å². The van der Waals surface area contributed by atoms with Gasteiger partial charge >= 0.3 is 0 Å². The van der Waals surface area contributed by atoms with Gasteiger partial charge < -0.3 is 11.1 Å². The van der Waals surface area contributed by atoms with E-state index in [2.05, 4.69) is 45.8 Å². The third-order valence-electron chi connectivity index (χ3n) is 3.46. The number of aliphatic imine (C=N–C) groups is 1. The summed E-state index contributed by atoms with van der Waals surface area (Å²) in [6.07, 6.45) is 0.879. The monoisotopic (exact) mass is 484 g/mol. The maximum Gasteiger partial charge on any atom is 0.193 e. The fourth-order valence-electron chi connectivity index (χ4n) is 2.32. The molecule has 0 aliphatic carbocycles. The SMILES string of the molecule is Cc1cccc(NC(N)=NCCc2ccc(-c3csc(C)n3)s2)c1.I. The normalized spacial score (nSPS) is 11.2. The van der Waals surface area contributed by atoms with Gasteiger partial charge in [-0.3, -0.25) is 4.99 Å². The predicted molar refractivity (Wildman–Crippen MR) is 121 cm³/mol. The molecule has 7 heteroatoms.